The lowest BCUT2D eigenvalue weighted by Crippen LogP contribution is -2.35. The summed E-state index contributed by atoms with van der Waals surface area (Å²) in [7, 11) is 0. The van der Waals surface area contributed by atoms with Crippen molar-refractivity contribution >= 4 is 0 Å². The van der Waals surface area contributed by atoms with Gasteiger partial charge in [0.15, 0.2) is 5.76 Å². The maximum absolute atomic E-state index is 13.0. The van der Waals surface area contributed by atoms with E-state index in [1.807, 2.05) is 24.3 Å². The minimum atomic E-state index is -0.257. The van der Waals surface area contributed by atoms with Crippen LogP contribution in [0.5, 0.6) is 17.2 Å². The number of phenolic OH excluding ortho intramolecular Hbond substituents is 2. The molecule has 7 heteroatoms. The zero-order valence-electron chi connectivity index (χ0n) is 20.1. The lowest BCUT2D eigenvalue weighted by atomic mass is 9.96. The van der Waals surface area contributed by atoms with E-state index in [0.717, 1.165) is 47.5 Å². The van der Waals surface area contributed by atoms with Crippen molar-refractivity contribution in [2.75, 3.05) is 26.4 Å². The van der Waals surface area contributed by atoms with Gasteiger partial charge in [0.2, 0.25) is 0 Å². The topological polar surface area (TPSA) is 79.0 Å². The summed E-state index contributed by atoms with van der Waals surface area (Å²) in [6.45, 7) is 4.08. The molecule has 1 fully saturated rings. The average Bonchev–Trinajstić information content (AvgIpc) is 3.56. The van der Waals surface area contributed by atoms with Crippen molar-refractivity contribution in [2.45, 2.75) is 19.4 Å². The first-order valence-electron chi connectivity index (χ1n) is 12.1. The minimum absolute atomic E-state index is 0.140. The van der Waals surface area contributed by atoms with Crippen LogP contribution in [0.4, 0.5) is 4.39 Å². The molecular formula is C29H29FN2O4. The smallest absolute Gasteiger partial charge is 0.175 e. The van der Waals surface area contributed by atoms with Crippen LogP contribution in [-0.2, 0) is 0 Å². The Kier molecular flexibility index (Phi) is 6.91. The van der Waals surface area contributed by atoms with Crippen LogP contribution in [0.25, 0.3) is 33.7 Å². The van der Waals surface area contributed by atoms with Crippen molar-refractivity contribution in [3.63, 3.8) is 0 Å². The molecule has 0 saturated carbocycles. The Labute approximate surface area is 209 Å². The lowest BCUT2D eigenvalue weighted by Gasteiger charge is -2.24. The van der Waals surface area contributed by atoms with Gasteiger partial charge in [-0.2, -0.15) is 0 Å². The number of rotatable bonds is 8. The van der Waals surface area contributed by atoms with Crippen LogP contribution in [-0.4, -0.2) is 52.7 Å². The Bertz CT molecular complexity index is 1220. The van der Waals surface area contributed by atoms with E-state index < -0.39 is 0 Å². The fourth-order valence-corrected chi connectivity index (χ4v) is 4.61. The van der Waals surface area contributed by atoms with Crippen molar-refractivity contribution in [2.24, 2.45) is 5.92 Å². The molecule has 2 heterocycles. The zero-order chi connectivity index (χ0) is 25.1. The molecule has 4 aromatic rings. The second-order valence-corrected chi connectivity index (χ2v) is 9.32. The van der Waals surface area contributed by atoms with Gasteiger partial charge >= 0.3 is 0 Å². The summed E-state index contributed by atoms with van der Waals surface area (Å²) < 4.78 is 24.8. The first-order valence-corrected chi connectivity index (χ1v) is 12.1. The van der Waals surface area contributed by atoms with Crippen LogP contribution in [0.1, 0.15) is 13.3 Å². The van der Waals surface area contributed by atoms with E-state index in [-0.39, 0.29) is 30.1 Å². The first kappa shape index (κ1) is 23.9. The van der Waals surface area contributed by atoms with Gasteiger partial charge in [0.05, 0.1) is 12.2 Å². The Hall–Kier alpha value is -3.84. The lowest BCUT2D eigenvalue weighted by molar-refractivity contribution is 0.166. The van der Waals surface area contributed by atoms with E-state index >= 15 is 0 Å². The largest absolute Gasteiger partial charge is 0.508 e. The number of halogens is 1. The van der Waals surface area contributed by atoms with Crippen LogP contribution in [0.2, 0.25) is 0 Å². The van der Waals surface area contributed by atoms with Gasteiger partial charge in [-0.05, 0) is 86.1 Å². The normalized spacial score (nSPS) is 16.8. The van der Waals surface area contributed by atoms with Crippen molar-refractivity contribution in [1.29, 1.82) is 0 Å². The molecule has 0 unspecified atom stereocenters. The van der Waals surface area contributed by atoms with E-state index in [1.54, 1.807) is 48.5 Å². The van der Waals surface area contributed by atoms with Gasteiger partial charge < -0.3 is 19.5 Å². The van der Waals surface area contributed by atoms with Crippen molar-refractivity contribution in [3.8, 4) is 51.0 Å². The molecule has 186 valence electrons. The molecule has 2 atom stereocenters. The Morgan fingerprint density at radius 1 is 0.944 bits per heavy atom. The molecular weight excluding hydrogens is 459 g/mol. The summed E-state index contributed by atoms with van der Waals surface area (Å²) in [5.74, 6) is 1.81. The van der Waals surface area contributed by atoms with E-state index in [0.29, 0.717) is 18.1 Å². The number of aromatic hydroxyl groups is 2. The SMILES string of the molecule is C[C@@H](COc1ccc(-c2c(-c3ccc(O)cc3)noc2-c2ccc(O)cc2)cc1)N1CC[C@@H](CF)C1. The second kappa shape index (κ2) is 10.4. The highest BCUT2D eigenvalue weighted by molar-refractivity contribution is 5.90. The molecule has 1 saturated heterocycles. The van der Waals surface area contributed by atoms with E-state index in [2.05, 4.69) is 17.0 Å². The summed E-state index contributed by atoms with van der Waals surface area (Å²) in [6.07, 6.45) is 0.904. The zero-order valence-corrected chi connectivity index (χ0v) is 20.1. The molecule has 6 nitrogen and oxygen atoms in total. The molecule has 0 amide bonds. The van der Waals surface area contributed by atoms with Gasteiger partial charge in [0, 0.05) is 29.6 Å². The number of aromatic nitrogens is 1. The first-order chi connectivity index (χ1) is 17.5. The number of nitrogens with zero attached hydrogens (tertiary/aromatic N) is 2. The highest BCUT2D eigenvalue weighted by atomic mass is 19.1. The van der Waals surface area contributed by atoms with Gasteiger partial charge in [0.1, 0.15) is 29.5 Å². The van der Waals surface area contributed by atoms with E-state index in [9.17, 15) is 14.6 Å². The molecule has 0 spiro atoms. The monoisotopic (exact) mass is 488 g/mol. The van der Waals surface area contributed by atoms with E-state index in [1.165, 1.54) is 0 Å². The second-order valence-electron chi connectivity index (χ2n) is 9.32. The van der Waals surface area contributed by atoms with Gasteiger partial charge in [0.25, 0.3) is 0 Å². The van der Waals surface area contributed by atoms with Gasteiger partial charge in [-0.1, -0.05) is 17.3 Å². The molecule has 1 aromatic heterocycles. The van der Waals surface area contributed by atoms with Crippen molar-refractivity contribution in [3.05, 3.63) is 72.8 Å². The predicted molar refractivity (Wildman–Crippen MR) is 137 cm³/mol. The quantitative estimate of drug-likeness (QED) is 0.310. The standard InChI is InChI=1S/C29H29FN2O4/c1-19(32-15-14-20(16-30)17-32)18-35-26-12-6-21(7-13-26)27-28(22-2-8-24(33)9-3-22)31-36-29(27)23-4-10-25(34)11-5-23/h2-13,19-20,33-34H,14-18H2,1H3/t19-,20-/m0/s1. The number of alkyl halides is 1. The molecule has 36 heavy (non-hydrogen) atoms. The van der Waals surface area contributed by atoms with Crippen LogP contribution in [0, 0.1) is 5.92 Å². The third-order valence-electron chi connectivity index (χ3n) is 6.76. The van der Waals surface area contributed by atoms with Crippen molar-refractivity contribution < 1.29 is 23.9 Å². The van der Waals surface area contributed by atoms with Gasteiger partial charge in [-0.15, -0.1) is 0 Å². The third kappa shape index (κ3) is 5.06. The molecule has 3 aromatic carbocycles. The number of likely N-dealkylation sites (tertiary alicyclic amines) is 1. The Morgan fingerprint density at radius 2 is 1.56 bits per heavy atom. The predicted octanol–water partition coefficient (Wildman–Crippen LogP) is 6.15. The van der Waals surface area contributed by atoms with Crippen LogP contribution < -0.4 is 4.74 Å². The molecule has 0 bridgehead atoms. The minimum Gasteiger partial charge on any atom is -0.508 e. The highest BCUT2D eigenvalue weighted by Gasteiger charge is 2.26. The molecule has 1 aliphatic heterocycles. The fourth-order valence-electron chi connectivity index (χ4n) is 4.61. The maximum atomic E-state index is 13.0. The molecule has 1 aliphatic rings. The number of benzene rings is 3. The summed E-state index contributed by atoms with van der Waals surface area (Å²) in [4.78, 5) is 2.28. The van der Waals surface area contributed by atoms with E-state index in [4.69, 9.17) is 9.26 Å². The summed E-state index contributed by atoms with van der Waals surface area (Å²) in [6, 6.07) is 21.6. The van der Waals surface area contributed by atoms with Crippen LogP contribution in [0.15, 0.2) is 77.3 Å². The third-order valence-corrected chi connectivity index (χ3v) is 6.76. The average molecular weight is 489 g/mol. The van der Waals surface area contributed by atoms with Gasteiger partial charge in [-0.25, -0.2) is 0 Å². The Morgan fingerprint density at radius 3 is 2.17 bits per heavy atom. The Balaban J connectivity index is 1.40. The molecule has 0 aliphatic carbocycles. The van der Waals surface area contributed by atoms with Gasteiger partial charge in [-0.3, -0.25) is 9.29 Å². The van der Waals surface area contributed by atoms with Crippen LogP contribution >= 0.6 is 0 Å². The highest BCUT2D eigenvalue weighted by Crippen LogP contribution is 2.41. The number of phenols is 2. The van der Waals surface area contributed by atoms with Crippen molar-refractivity contribution in [1.82, 2.24) is 10.1 Å². The summed E-state index contributed by atoms with van der Waals surface area (Å²) in [5, 5.41) is 23.8. The molecule has 5 rings (SSSR count). The number of hydrogen-bond donors (Lipinski definition) is 2. The summed E-state index contributed by atoms with van der Waals surface area (Å²) in [5.41, 5.74) is 3.94. The maximum Gasteiger partial charge on any atom is 0.175 e. The molecule has 2 N–H and O–H groups in total. The van der Waals surface area contributed by atoms with Crippen LogP contribution in [0.3, 0.4) is 0 Å². The number of ether oxygens (including phenoxy) is 1. The number of hydrogen-bond acceptors (Lipinski definition) is 6. The molecule has 0 radical (unpaired) electrons. The fraction of sp³-hybridized carbons (Fsp3) is 0.276. The summed E-state index contributed by atoms with van der Waals surface area (Å²) >= 11 is 0.